The van der Waals surface area contributed by atoms with Gasteiger partial charge in [-0.25, -0.2) is 9.50 Å². The van der Waals surface area contributed by atoms with Crippen molar-refractivity contribution in [3.8, 4) is 0 Å². The molecule has 1 saturated heterocycles. The maximum atomic E-state index is 5.32. The Labute approximate surface area is 145 Å². The quantitative estimate of drug-likeness (QED) is 0.644. The number of hydrogen-bond acceptors (Lipinski definition) is 8. The van der Waals surface area contributed by atoms with Gasteiger partial charge in [0, 0.05) is 52.1 Å². The highest BCUT2D eigenvalue weighted by Gasteiger charge is 2.20. The van der Waals surface area contributed by atoms with Gasteiger partial charge < -0.3 is 14.2 Å². The minimum Gasteiger partial charge on any atom is -0.384 e. The first-order chi connectivity index (χ1) is 12.3. The van der Waals surface area contributed by atoms with Crippen LogP contribution in [0, 0.1) is 0 Å². The molecule has 3 aromatic rings. The van der Waals surface area contributed by atoms with Gasteiger partial charge in [-0.15, -0.1) is 5.10 Å². The van der Waals surface area contributed by atoms with Gasteiger partial charge in [0.2, 0.25) is 5.89 Å². The van der Waals surface area contributed by atoms with Crippen LogP contribution in [0.1, 0.15) is 11.7 Å². The van der Waals surface area contributed by atoms with Crippen LogP contribution in [0.3, 0.4) is 0 Å². The number of piperazine rings is 1. The molecular formula is C16H21N7O2. The molecule has 0 radical (unpaired) electrons. The molecule has 9 heteroatoms. The third-order valence-electron chi connectivity index (χ3n) is 4.34. The number of aromatic nitrogens is 5. The van der Waals surface area contributed by atoms with Crippen LogP contribution in [-0.2, 0) is 17.7 Å². The van der Waals surface area contributed by atoms with Crippen molar-refractivity contribution in [3.05, 3.63) is 36.2 Å². The van der Waals surface area contributed by atoms with Gasteiger partial charge in [0.25, 0.3) is 0 Å². The lowest BCUT2D eigenvalue weighted by Crippen LogP contribution is -2.46. The molecule has 1 aliphatic heterocycles. The second-order valence-corrected chi connectivity index (χ2v) is 6.03. The molecule has 4 rings (SSSR count). The van der Waals surface area contributed by atoms with Gasteiger partial charge >= 0.3 is 0 Å². The normalized spacial score (nSPS) is 16.0. The van der Waals surface area contributed by atoms with E-state index in [4.69, 9.17) is 9.26 Å². The van der Waals surface area contributed by atoms with Crippen molar-refractivity contribution >= 4 is 11.5 Å². The largest absolute Gasteiger partial charge is 0.384 e. The van der Waals surface area contributed by atoms with Gasteiger partial charge in [-0.1, -0.05) is 5.16 Å². The van der Waals surface area contributed by atoms with Crippen LogP contribution in [0.15, 0.2) is 29.0 Å². The average molecular weight is 343 g/mol. The SMILES string of the molecule is COCCc1noc(CN2CCN(c3ccc4nccn4n3)CC2)n1. The molecule has 132 valence electrons. The summed E-state index contributed by atoms with van der Waals surface area (Å²) in [6.07, 6.45) is 4.30. The molecule has 4 heterocycles. The summed E-state index contributed by atoms with van der Waals surface area (Å²) >= 11 is 0. The first-order valence-corrected chi connectivity index (χ1v) is 8.40. The fraction of sp³-hybridized carbons (Fsp3) is 0.500. The van der Waals surface area contributed by atoms with E-state index in [1.165, 1.54) is 0 Å². The van der Waals surface area contributed by atoms with E-state index >= 15 is 0 Å². The fourth-order valence-corrected chi connectivity index (χ4v) is 2.95. The van der Waals surface area contributed by atoms with Gasteiger partial charge in [-0.05, 0) is 12.1 Å². The Morgan fingerprint density at radius 2 is 2.08 bits per heavy atom. The molecule has 1 fully saturated rings. The minimum absolute atomic E-state index is 0.603. The molecule has 0 N–H and O–H groups in total. The van der Waals surface area contributed by atoms with E-state index in [-0.39, 0.29) is 0 Å². The smallest absolute Gasteiger partial charge is 0.240 e. The Hall–Kier alpha value is -2.52. The molecule has 0 amide bonds. The summed E-state index contributed by atoms with van der Waals surface area (Å²) in [5.74, 6) is 2.34. The molecule has 3 aromatic heterocycles. The maximum Gasteiger partial charge on any atom is 0.240 e. The first-order valence-electron chi connectivity index (χ1n) is 8.40. The number of nitrogens with zero attached hydrogens (tertiary/aromatic N) is 7. The lowest BCUT2D eigenvalue weighted by Gasteiger charge is -2.34. The monoisotopic (exact) mass is 343 g/mol. The zero-order chi connectivity index (χ0) is 17.1. The Morgan fingerprint density at radius 3 is 2.92 bits per heavy atom. The van der Waals surface area contributed by atoms with E-state index in [9.17, 15) is 0 Å². The fourth-order valence-electron chi connectivity index (χ4n) is 2.95. The van der Waals surface area contributed by atoms with Crippen molar-refractivity contribution in [3.63, 3.8) is 0 Å². The number of hydrogen-bond donors (Lipinski definition) is 0. The number of methoxy groups -OCH3 is 1. The van der Waals surface area contributed by atoms with E-state index in [0.717, 1.165) is 37.6 Å². The van der Waals surface area contributed by atoms with Gasteiger partial charge in [0.05, 0.1) is 13.2 Å². The van der Waals surface area contributed by atoms with E-state index < -0.39 is 0 Å². The van der Waals surface area contributed by atoms with Crippen molar-refractivity contribution in [2.45, 2.75) is 13.0 Å². The van der Waals surface area contributed by atoms with Crippen LogP contribution in [0.5, 0.6) is 0 Å². The molecule has 0 saturated carbocycles. The number of fused-ring (bicyclic) bond motifs is 1. The lowest BCUT2D eigenvalue weighted by atomic mass is 10.3. The summed E-state index contributed by atoms with van der Waals surface area (Å²) in [6, 6.07) is 4.02. The van der Waals surface area contributed by atoms with Crippen molar-refractivity contribution in [2.75, 3.05) is 44.8 Å². The van der Waals surface area contributed by atoms with Crippen LogP contribution < -0.4 is 4.90 Å². The zero-order valence-electron chi connectivity index (χ0n) is 14.2. The summed E-state index contributed by atoms with van der Waals surface area (Å²) in [6.45, 7) is 4.97. The highest BCUT2D eigenvalue weighted by Crippen LogP contribution is 2.15. The van der Waals surface area contributed by atoms with Gasteiger partial charge in [-0.3, -0.25) is 4.90 Å². The van der Waals surface area contributed by atoms with Crippen molar-refractivity contribution in [1.29, 1.82) is 0 Å². The average Bonchev–Trinajstić information content (AvgIpc) is 3.29. The number of anilines is 1. The van der Waals surface area contributed by atoms with Crippen LogP contribution >= 0.6 is 0 Å². The van der Waals surface area contributed by atoms with Crippen LogP contribution in [0.2, 0.25) is 0 Å². The first kappa shape index (κ1) is 16.0. The molecule has 1 aliphatic rings. The van der Waals surface area contributed by atoms with Crippen LogP contribution in [-0.4, -0.2) is 69.5 Å². The highest BCUT2D eigenvalue weighted by atomic mass is 16.5. The second-order valence-electron chi connectivity index (χ2n) is 6.03. The molecule has 0 bridgehead atoms. The van der Waals surface area contributed by atoms with Gasteiger partial charge in [0.1, 0.15) is 5.82 Å². The summed E-state index contributed by atoms with van der Waals surface area (Å²) in [7, 11) is 1.67. The van der Waals surface area contributed by atoms with Gasteiger partial charge in [0.15, 0.2) is 11.5 Å². The number of rotatable bonds is 6. The summed E-state index contributed by atoms with van der Waals surface area (Å²) in [5.41, 5.74) is 0.864. The molecule has 9 nitrogen and oxygen atoms in total. The molecule has 0 unspecified atom stereocenters. The Balaban J connectivity index is 1.32. The predicted octanol–water partition coefficient (Wildman–Crippen LogP) is 0.623. The number of imidazole rings is 1. The Kier molecular flexibility index (Phi) is 4.57. The van der Waals surface area contributed by atoms with Crippen LogP contribution in [0.25, 0.3) is 5.65 Å². The van der Waals surface area contributed by atoms with Crippen molar-refractivity contribution in [2.24, 2.45) is 0 Å². The standard InChI is InChI=1S/C16H21N7O2/c1-24-11-4-13-18-16(25-20-13)12-21-7-9-22(10-8-21)15-3-2-14-17-5-6-23(14)19-15/h2-3,5-6H,4,7-12H2,1H3. The molecule has 0 spiro atoms. The zero-order valence-corrected chi connectivity index (χ0v) is 14.2. The third-order valence-corrected chi connectivity index (χ3v) is 4.34. The number of ether oxygens (including phenoxy) is 1. The maximum absolute atomic E-state index is 5.32. The summed E-state index contributed by atoms with van der Waals surface area (Å²) in [4.78, 5) is 13.2. The van der Waals surface area contributed by atoms with Crippen molar-refractivity contribution < 1.29 is 9.26 Å². The highest BCUT2D eigenvalue weighted by molar-refractivity contribution is 5.46. The summed E-state index contributed by atoms with van der Waals surface area (Å²) in [5, 5.41) is 8.59. The van der Waals surface area contributed by atoms with E-state index in [0.29, 0.717) is 31.3 Å². The van der Waals surface area contributed by atoms with Gasteiger partial charge in [-0.2, -0.15) is 4.98 Å². The van der Waals surface area contributed by atoms with E-state index in [2.05, 4.69) is 30.0 Å². The summed E-state index contributed by atoms with van der Waals surface area (Å²) < 4.78 is 12.2. The molecular weight excluding hydrogens is 322 g/mol. The topological polar surface area (TPSA) is 84.8 Å². The molecule has 25 heavy (non-hydrogen) atoms. The Bertz CT molecular complexity index is 823. The second kappa shape index (κ2) is 7.16. The third kappa shape index (κ3) is 3.62. The Morgan fingerprint density at radius 1 is 1.20 bits per heavy atom. The van der Waals surface area contributed by atoms with E-state index in [1.807, 2.05) is 22.8 Å². The minimum atomic E-state index is 0.603. The molecule has 0 aliphatic carbocycles. The lowest BCUT2D eigenvalue weighted by molar-refractivity contribution is 0.199. The van der Waals surface area contributed by atoms with Crippen molar-refractivity contribution in [1.82, 2.24) is 29.6 Å². The molecule has 0 aromatic carbocycles. The predicted molar refractivity (Wildman–Crippen MR) is 90.4 cm³/mol. The molecule has 0 atom stereocenters. The van der Waals surface area contributed by atoms with Crippen LogP contribution in [0.4, 0.5) is 5.82 Å². The van der Waals surface area contributed by atoms with E-state index in [1.54, 1.807) is 13.3 Å².